The number of sulfonamides is 1. The number of ether oxygens (including phenoxy) is 3. The summed E-state index contributed by atoms with van der Waals surface area (Å²) >= 11 is 6.38. The molecule has 2 heterocycles. The van der Waals surface area contributed by atoms with Gasteiger partial charge in [0.25, 0.3) is 15.9 Å². The first-order valence-corrected chi connectivity index (χ1v) is 16.2. The van der Waals surface area contributed by atoms with Crippen molar-refractivity contribution in [1.82, 2.24) is 4.72 Å². The Bertz CT molecular complexity index is 1460. The maximum absolute atomic E-state index is 13.3. The standard InChI is InChI=1S/C31H37ClN2O6S/c1-20-30(35)33-41(36,37)24-9-12-29-27(16-24)34(17-22-7-10-25(22)28(38-2)6-4-14-39-20)18-31(19-40-29)13-3-5-21-15-23(32)8-11-26(21)31/h4,6,8-9,11-12,15-16,20,22,25,28H,3,5,7,10,13-14,17-19H2,1-2H3,(H,33,35)/b6-4+/t20-,22-,25+,28+,31-/m0/s1. The summed E-state index contributed by atoms with van der Waals surface area (Å²) in [6, 6.07) is 11.0. The zero-order valence-electron chi connectivity index (χ0n) is 23.5. The smallest absolute Gasteiger partial charge is 0.264 e. The van der Waals surface area contributed by atoms with Gasteiger partial charge in [0.2, 0.25) is 0 Å². The Hall–Kier alpha value is -2.59. The van der Waals surface area contributed by atoms with E-state index in [4.69, 9.17) is 25.8 Å². The van der Waals surface area contributed by atoms with Gasteiger partial charge in [-0.05, 0) is 92.3 Å². The fourth-order valence-electron chi connectivity index (χ4n) is 6.93. The first-order chi connectivity index (χ1) is 19.7. The maximum Gasteiger partial charge on any atom is 0.264 e. The Morgan fingerprint density at radius 1 is 1.17 bits per heavy atom. The van der Waals surface area contributed by atoms with Crippen LogP contribution in [0.1, 0.15) is 43.7 Å². The Morgan fingerprint density at radius 2 is 2.02 bits per heavy atom. The van der Waals surface area contributed by atoms with E-state index in [1.165, 1.54) is 17.2 Å². The fraction of sp³-hybridized carbons (Fsp3) is 0.516. The molecule has 0 saturated heterocycles. The van der Waals surface area contributed by atoms with Crippen LogP contribution in [-0.4, -0.2) is 59.9 Å². The molecule has 41 heavy (non-hydrogen) atoms. The van der Waals surface area contributed by atoms with Crippen LogP contribution in [0.4, 0.5) is 5.69 Å². The highest BCUT2D eigenvalue weighted by molar-refractivity contribution is 7.90. The molecule has 1 fully saturated rings. The molecule has 0 radical (unpaired) electrons. The van der Waals surface area contributed by atoms with Crippen molar-refractivity contribution in [3.8, 4) is 5.75 Å². The number of nitrogens with one attached hydrogen (secondary N) is 1. The second kappa shape index (κ2) is 11.2. The molecule has 6 rings (SSSR count). The number of aryl methyl sites for hydroxylation is 1. The van der Waals surface area contributed by atoms with E-state index < -0.39 is 22.0 Å². The van der Waals surface area contributed by atoms with Crippen molar-refractivity contribution in [1.29, 1.82) is 0 Å². The Balaban J connectivity index is 1.44. The molecular formula is C31H37ClN2O6S. The maximum atomic E-state index is 13.3. The monoisotopic (exact) mass is 600 g/mol. The molecule has 2 aliphatic carbocycles. The summed E-state index contributed by atoms with van der Waals surface area (Å²) in [5.74, 6) is 0.601. The zero-order chi connectivity index (χ0) is 28.8. The average Bonchev–Trinajstić information content (AvgIpc) is 3.08. The summed E-state index contributed by atoms with van der Waals surface area (Å²) in [5.41, 5.74) is 2.97. The van der Waals surface area contributed by atoms with Crippen LogP contribution in [0.3, 0.4) is 0 Å². The predicted octanol–water partition coefficient (Wildman–Crippen LogP) is 4.63. The van der Waals surface area contributed by atoms with Crippen LogP contribution >= 0.6 is 11.6 Å². The number of anilines is 1. The Labute approximate surface area is 247 Å². The summed E-state index contributed by atoms with van der Waals surface area (Å²) in [7, 11) is -2.40. The largest absolute Gasteiger partial charge is 0.490 e. The van der Waals surface area contributed by atoms with Crippen LogP contribution in [0.25, 0.3) is 0 Å². The van der Waals surface area contributed by atoms with Gasteiger partial charge in [-0.3, -0.25) is 4.79 Å². The van der Waals surface area contributed by atoms with Gasteiger partial charge in [-0.2, -0.15) is 0 Å². The van der Waals surface area contributed by atoms with E-state index in [1.807, 2.05) is 18.2 Å². The molecular weight excluding hydrogens is 564 g/mol. The molecule has 2 aromatic carbocycles. The van der Waals surface area contributed by atoms with Gasteiger partial charge in [-0.25, -0.2) is 13.1 Å². The lowest BCUT2D eigenvalue weighted by Crippen LogP contribution is -2.49. The van der Waals surface area contributed by atoms with Crippen LogP contribution in [0.2, 0.25) is 5.02 Å². The predicted molar refractivity (Wildman–Crippen MR) is 157 cm³/mol. The van der Waals surface area contributed by atoms with Crippen molar-refractivity contribution in [2.24, 2.45) is 11.8 Å². The van der Waals surface area contributed by atoms with E-state index in [0.29, 0.717) is 30.7 Å². The number of hydrogen-bond acceptors (Lipinski definition) is 7. The highest BCUT2D eigenvalue weighted by atomic mass is 35.5. The highest BCUT2D eigenvalue weighted by Gasteiger charge is 2.44. The van der Waals surface area contributed by atoms with E-state index >= 15 is 0 Å². The van der Waals surface area contributed by atoms with Gasteiger partial charge < -0.3 is 19.1 Å². The van der Waals surface area contributed by atoms with Crippen LogP contribution in [0, 0.1) is 11.8 Å². The van der Waals surface area contributed by atoms with Crippen LogP contribution in [-0.2, 0) is 36.1 Å². The van der Waals surface area contributed by atoms with Gasteiger partial charge in [0, 0.05) is 30.6 Å². The molecule has 2 aliphatic heterocycles. The SMILES string of the molecule is CO[C@@H]1/C=C/CO[C@@H](C)C(=O)NS(=O)(=O)c2ccc3c(c2)N(C[C@@H]2CC[C@H]21)C[C@@]1(CCCc2cc(Cl)ccc21)CO3. The third kappa shape index (κ3) is 5.49. The summed E-state index contributed by atoms with van der Waals surface area (Å²) in [4.78, 5) is 15.1. The molecule has 1 spiro atoms. The number of nitrogens with zero attached hydrogens (tertiary/aromatic N) is 1. The lowest BCUT2D eigenvalue weighted by molar-refractivity contribution is -0.129. The summed E-state index contributed by atoms with van der Waals surface area (Å²) in [5, 5.41) is 0.733. The van der Waals surface area contributed by atoms with Gasteiger partial charge in [0.15, 0.2) is 0 Å². The number of methoxy groups -OCH3 is 1. The minimum absolute atomic E-state index is 0.0177. The minimum atomic E-state index is -4.13. The number of rotatable bonds is 1. The lowest BCUT2D eigenvalue weighted by Gasteiger charge is -2.46. The Kier molecular flexibility index (Phi) is 7.82. The van der Waals surface area contributed by atoms with Gasteiger partial charge in [-0.1, -0.05) is 29.8 Å². The van der Waals surface area contributed by atoms with Crippen molar-refractivity contribution in [2.45, 2.75) is 61.5 Å². The number of fused-ring (bicyclic) bond motifs is 4. The number of hydrogen-bond donors (Lipinski definition) is 1. The summed E-state index contributed by atoms with van der Waals surface area (Å²) < 4.78 is 46.9. The third-order valence-electron chi connectivity index (χ3n) is 9.32. The number of benzene rings is 2. The minimum Gasteiger partial charge on any atom is -0.490 e. The molecule has 0 unspecified atom stereocenters. The summed E-state index contributed by atoms with van der Waals surface area (Å²) in [6.07, 6.45) is 7.91. The number of amides is 1. The molecule has 0 aromatic heterocycles. The second-order valence-electron chi connectivity index (χ2n) is 11.8. The number of halogens is 1. The lowest BCUT2D eigenvalue weighted by atomic mass is 9.68. The number of carbonyl (C=O) groups excluding carboxylic acids is 1. The van der Waals surface area contributed by atoms with Crippen molar-refractivity contribution < 1.29 is 27.4 Å². The molecule has 5 atom stereocenters. The van der Waals surface area contributed by atoms with Crippen molar-refractivity contribution in [2.75, 3.05) is 38.3 Å². The van der Waals surface area contributed by atoms with Crippen LogP contribution in [0.5, 0.6) is 5.75 Å². The quantitative estimate of drug-likeness (QED) is 0.477. The zero-order valence-corrected chi connectivity index (χ0v) is 25.0. The first-order valence-electron chi connectivity index (χ1n) is 14.4. The van der Waals surface area contributed by atoms with Gasteiger partial charge in [-0.15, -0.1) is 0 Å². The molecule has 1 N–H and O–H groups in total. The van der Waals surface area contributed by atoms with Crippen LogP contribution < -0.4 is 14.4 Å². The van der Waals surface area contributed by atoms with E-state index in [0.717, 1.165) is 49.4 Å². The molecule has 8 nitrogen and oxygen atoms in total. The van der Waals surface area contributed by atoms with Gasteiger partial charge >= 0.3 is 0 Å². The molecule has 220 valence electrons. The van der Waals surface area contributed by atoms with E-state index in [1.54, 1.807) is 26.2 Å². The topological polar surface area (TPSA) is 94.2 Å². The second-order valence-corrected chi connectivity index (χ2v) is 13.9. The van der Waals surface area contributed by atoms with Crippen molar-refractivity contribution >= 4 is 33.2 Å². The Morgan fingerprint density at radius 3 is 2.80 bits per heavy atom. The van der Waals surface area contributed by atoms with Gasteiger partial charge in [0.05, 0.1) is 29.9 Å². The van der Waals surface area contributed by atoms with Crippen molar-refractivity contribution in [3.63, 3.8) is 0 Å². The fourth-order valence-corrected chi connectivity index (χ4v) is 8.19. The van der Waals surface area contributed by atoms with Gasteiger partial charge in [0.1, 0.15) is 11.9 Å². The average molecular weight is 601 g/mol. The van der Waals surface area contributed by atoms with Crippen molar-refractivity contribution in [3.05, 3.63) is 64.7 Å². The van der Waals surface area contributed by atoms with E-state index in [-0.39, 0.29) is 23.0 Å². The van der Waals surface area contributed by atoms with Crippen LogP contribution in [0.15, 0.2) is 53.4 Å². The molecule has 2 aromatic rings. The van der Waals surface area contributed by atoms with E-state index in [9.17, 15) is 13.2 Å². The molecule has 10 heteroatoms. The normalized spacial score (nSPS) is 32.0. The molecule has 1 amide bonds. The highest BCUT2D eigenvalue weighted by Crippen LogP contribution is 2.47. The molecule has 4 aliphatic rings. The number of carbonyl (C=O) groups is 1. The van der Waals surface area contributed by atoms with E-state index in [2.05, 4.69) is 21.8 Å². The third-order valence-corrected chi connectivity index (χ3v) is 10.9. The molecule has 1 saturated carbocycles. The molecule has 2 bridgehead atoms. The first kappa shape index (κ1) is 28.5. The summed E-state index contributed by atoms with van der Waals surface area (Å²) in [6.45, 7) is 3.63.